The van der Waals surface area contributed by atoms with Crippen LogP contribution in [-0.4, -0.2) is 27.1 Å². The van der Waals surface area contributed by atoms with E-state index in [2.05, 4.69) is 32.0 Å². The van der Waals surface area contributed by atoms with E-state index in [1.54, 1.807) is 0 Å². The van der Waals surface area contributed by atoms with Crippen LogP contribution in [0.1, 0.15) is 45.4 Å². The first-order valence-corrected chi connectivity index (χ1v) is 7.21. The van der Waals surface area contributed by atoms with Crippen LogP contribution in [0.3, 0.4) is 0 Å². The number of aromatic nitrogens is 4. The summed E-state index contributed by atoms with van der Waals surface area (Å²) in [5.74, 6) is 1.59. The number of anilines is 1. The largest absolute Gasteiger partial charge is 0.379 e. The number of nitrogens with zero attached hydrogens (tertiary/aromatic N) is 4. The van der Waals surface area contributed by atoms with E-state index in [1.807, 2.05) is 6.92 Å². The molecular weight excluding hydrogens is 274 g/mol. The summed E-state index contributed by atoms with van der Waals surface area (Å²) in [4.78, 5) is 4.41. The lowest BCUT2D eigenvalue weighted by Gasteiger charge is -2.36. The number of nitrogen functional groups attached to an aromatic ring is 1. The van der Waals surface area contributed by atoms with Crippen molar-refractivity contribution in [3.63, 3.8) is 0 Å². The van der Waals surface area contributed by atoms with Crippen LogP contribution < -0.4 is 5.73 Å². The van der Waals surface area contributed by atoms with Crippen LogP contribution in [0.2, 0.25) is 0 Å². The van der Waals surface area contributed by atoms with Crippen LogP contribution >= 0.6 is 0 Å². The molecule has 1 fully saturated rings. The number of hydrogen-bond acceptors (Lipinski definition) is 8. The summed E-state index contributed by atoms with van der Waals surface area (Å²) in [6.45, 7) is 4.82. The Hall–Kier alpha value is -1.96. The van der Waals surface area contributed by atoms with Crippen molar-refractivity contribution in [1.29, 1.82) is 0 Å². The van der Waals surface area contributed by atoms with Gasteiger partial charge in [0.1, 0.15) is 5.60 Å². The van der Waals surface area contributed by atoms with Gasteiger partial charge in [-0.2, -0.15) is 4.98 Å². The maximum atomic E-state index is 5.99. The molecule has 8 heteroatoms. The lowest BCUT2D eigenvalue weighted by molar-refractivity contribution is -0.0847. The molecule has 2 heterocycles. The molecule has 0 aromatic carbocycles. The van der Waals surface area contributed by atoms with Gasteiger partial charge in [0.15, 0.2) is 0 Å². The van der Waals surface area contributed by atoms with E-state index in [4.69, 9.17) is 15.0 Å². The molecular formula is C13H19N5O3. The average molecular weight is 293 g/mol. The van der Waals surface area contributed by atoms with Crippen molar-refractivity contribution < 1.29 is 13.9 Å². The van der Waals surface area contributed by atoms with Gasteiger partial charge in [0, 0.05) is 6.61 Å². The molecule has 1 aliphatic rings. The predicted molar refractivity (Wildman–Crippen MR) is 72.9 cm³/mol. The maximum absolute atomic E-state index is 5.99. The number of rotatable bonds is 4. The van der Waals surface area contributed by atoms with Crippen molar-refractivity contribution in [3.05, 3.63) is 5.82 Å². The Morgan fingerprint density at radius 2 is 2.05 bits per heavy atom. The number of hydrogen-bond donors (Lipinski definition) is 1. The molecule has 2 aromatic rings. The summed E-state index contributed by atoms with van der Waals surface area (Å²) in [5, 5.41) is 11.3. The number of ether oxygens (including phenoxy) is 1. The van der Waals surface area contributed by atoms with Gasteiger partial charge >= 0.3 is 0 Å². The van der Waals surface area contributed by atoms with E-state index >= 15 is 0 Å². The Bertz CT molecular complexity index is 600. The van der Waals surface area contributed by atoms with Crippen molar-refractivity contribution in [3.8, 4) is 11.6 Å². The van der Waals surface area contributed by atoms with Crippen LogP contribution in [0.15, 0.2) is 9.15 Å². The maximum Gasteiger partial charge on any atom is 0.284 e. The summed E-state index contributed by atoms with van der Waals surface area (Å²) < 4.78 is 15.8. The monoisotopic (exact) mass is 293 g/mol. The van der Waals surface area contributed by atoms with Crippen molar-refractivity contribution in [2.75, 3.05) is 12.3 Å². The van der Waals surface area contributed by atoms with Gasteiger partial charge in [-0.1, -0.05) is 12.1 Å². The molecule has 0 aliphatic heterocycles. The second kappa shape index (κ2) is 5.44. The molecule has 2 aromatic heterocycles. The molecule has 0 atom stereocenters. The predicted octanol–water partition coefficient (Wildman–Crippen LogP) is 2.14. The third kappa shape index (κ3) is 2.51. The Labute approximate surface area is 122 Å². The minimum absolute atomic E-state index is 0.132. The second-order valence-electron chi connectivity index (χ2n) is 5.53. The summed E-state index contributed by atoms with van der Waals surface area (Å²) >= 11 is 0. The van der Waals surface area contributed by atoms with Gasteiger partial charge < -0.3 is 15.0 Å². The topological polar surface area (TPSA) is 113 Å². The first-order valence-electron chi connectivity index (χ1n) is 7.21. The molecule has 0 saturated heterocycles. The van der Waals surface area contributed by atoms with E-state index in [1.165, 1.54) is 0 Å². The summed E-state index contributed by atoms with van der Waals surface area (Å²) in [6.07, 6.45) is 3.93. The molecule has 0 amide bonds. The van der Waals surface area contributed by atoms with Crippen molar-refractivity contribution in [2.24, 2.45) is 5.92 Å². The lowest BCUT2D eigenvalue weighted by atomic mass is 9.79. The minimum atomic E-state index is -0.477. The highest BCUT2D eigenvalue weighted by Crippen LogP contribution is 2.41. The standard InChI is InChI=1S/C13H19N5O3/c1-3-19-13(6-4-8(2)5-7-13)12-15-11(20-18-12)9-10(14)17-21-16-9/h8H,3-7H2,1-2H3,(H2,14,17). The van der Waals surface area contributed by atoms with Crippen molar-refractivity contribution in [1.82, 2.24) is 20.5 Å². The highest BCUT2D eigenvalue weighted by atomic mass is 16.6. The first kappa shape index (κ1) is 14.0. The Morgan fingerprint density at radius 3 is 2.67 bits per heavy atom. The zero-order valence-corrected chi connectivity index (χ0v) is 12.2. The van der Waals surface area contributed by atoms with E-state index < -0.39 is 5.60 Å². The molecule has 1 aliphatic carbocycles. The van der Waals surface area contributed by atoms with Crippen LogP contribution in [0.25, 0.3) is 11.6 Å². The van der Waals surface area contributed by atoms with Gasteiger partial charge in [-0.25, -0.2) is 4.63 Å². The lowest BCUT2D eigenvalue weighted by Crippen LogP contribution is -2.35. The quantitative estimate of drug-likeness (QED) is 0.912. The molecule has 0 bridgehead atoms. The summed E-state index contributed by atoms with van der Waals surface area (Å²) in [5.41, 5.74) is 5.43. The van der Waals surface area contributed by atoms with Gasteiger partial charge in [-0.05, 0) is 48.8 Å². The molecule has 1 saturated carbocycles. The SMILES string of the molecule is CCOC1(c2noc(-c3nonc3N)n2)CCC(C)CC1. The van der Waals surface area contributed by atoms with Crippen molar-refractivity contribution in [2.45, 2.75) is 45.1 Å². The van der Waals surface area contributed by atoms with Crippen molar-refractivity contribution >= 4 is 5.82 Å². The fraction of sp³-hybridized carbons (Fsp3) is 0.692. The first-order chi connectivity index (χ1) is 10.1. The fourth-order valence-electron chi connectivity index (χ4n) is 2.79. The molecule has 8 nitrogen and oxygen atoms in total. The van der Waals surface area contributed by atoms with E-state index in [9.17, 15) is 0 Å². The molecule has 2 N–H and O–H groups in total. The van der Waals surface area contributed by atoms with Crippen LogP contribution in [0.5, 0.6) is 0 Å². The molecule has 0 spiro atoms. The Kier molecular flexibility index (Phi) is 3.62. The van der Waals surface area contributed by atoms with E-state index in [0.717, 1.165) is 25.7 Å². The fourth-order valence-corrected chi connectivity index (χ4v) is 2.79. The van der Waals surface area contributed by atoms with Crippen LogP contribution in [0, 0.1) is 5.92 Å². The van der Waals surface area contributed by atoms with Gasteiger partial charge in [-0.15, -0.1) is 0 Å². The highest BCUT2D eigenvalue weighted by Gasteiger charge is 2.41. The van der Waals surface area contributed by atoms with Gasteiger partial charge in [0.2, 0.25) is 17.3 Å². The third-order valence-corrected chi connectivity index (χ3v) is 4.05. The molecule has 21 heavy (non-hydrogen) atoms. The van der Waals surface area contributed by atoms with E-state index in [0.29, 0.717) is 18.3 Å². The smallest absolute Gasteiger partial charge is 0.284 e. The van der Waals surface area contributed by atoms with Gasteiger partial charge in [0.25, 0.3) is 5.89 Å². The zero-order valence-electron chi connectivity index (χ0n) is 12.2. The van der Waals surface area contributed by atoms with Crippen LogP contribution in [0.4, 0.5) is 5.82 Å². The minimum Gasteiger partial charge on any atom is -0.379 e. The Balaban J connectivity index is 1.91. The second-order valence-corrected chi connectivity index (χ2v) is 5.53. The van der Waals surface area contributed by atoms with Gasteiger partial charge in [-0.3, -0.25) is 0 Å². The molecule has 0 unspecified atom stereocenters. The third-order valence-electron chi connectivity index (χ3n) is 4.05. The van der Waals surface area contributed by atoms with Crippen LogP contribution in [-0.2, 0) is 10.3 Å². The normalized spacial score (nSPS) is 26.1. The molecule has 3 rings (SSSR count). The highest BCUT2D eigenvalue weighted by molar-refractivity contribution is 5.60. The Morgan fingerprint density at radius 1 is 1.29 bits per heavy atom. The number of nitrogens with two attached hydrogens (primary N) is 1. The average Bonchev–Trinajstić information content (AvgIpc) is 3.10. The summed E-state index contributed by atoms with van der Waals surface area (Å²) in [7, 11) is 0. The van der Waals surface area contributed by atoms with Gasteiger partial charge in [0.05, 0.1) is 0 Å². The molecule has 114 valence electrons. The zero-order chi connectivity index (χ0) is 14.9. The van der Waals surface area contributed by atoms with E-state index in [-0.39, 0.29) is 17.4 Å². The molecule has 0 radical (unpaired) electrons. The summed E-state index contributed by atoms with van der Waals surface area (Å²) in [6, 6.07) is 0.